The average Bonchev–Trinajstić information content (AvgIpc) is 3.08. The molecular formula is C16H25N5O2. The number of likely N-dealkylation sites (tertiary alicyclic amines) is 1. The minimum absolute atomic E-state index is 0.102. The summed E-state index contributed by atoms with van der Waals surface area (Å²) in [5.74, 6) is 0.211. The molecule has 7 heteroatoms. The molecule has 1 N–H and O–H groups in total. The minimum Gasteiger partial charge on any atom is -0.353 e. The lowest BCUT2D eigenvalue weighted by atomic mass is 9.83. The number of aromatic nitrogens is 2. The van der Waals surface area contributed by atoms with Gasteiger partial charge in [0, 0.05) is 38.6 Å². The molecule has 3 rings (SSSR count). The number of carbonyl (C=O) groups excluding carboxylic acids is 2. The van der Waals surface area contributed by atoms with Gasteiger partial charge in [0.2, 0.25) is 11.8 Å². The second-order valence-electron chi connectivity index (χ2n) is 6.44. The summed E-state index contributed by atoms with van der Waals surface area (Å²) in [5, 5.41) is 7.18. The van der Waals surface area contributed by atoms with E-state index in [1.807, 2.05) is 31.1 Å². The van der Waals surface area contributed by atoms with E-state index in [9.17, 15) is 9.59 Å². The maximum absolute atomic E-state index is 12.8. The molecule has 1 spiro atoms. The van der Waals surface area contributed by atoms with Crippen LogP contribution in [0.3, 0.4) is 0 Å². The van der Waals surface area contributed by atoms with Crippen molar-refractivity contribution in [1.82, 2.24) is 24.9 Å². The van der Waals surface area contributed by atoms with Gasteiger partial charge in [-0.05, 0) is 32.4 Å². The number of nitrogens with one attached hydrogen (secondary N) is 1. The van der Waals surface area contributed by atoms with E-state index in [1.54, 1.807) is 10.9 Å². The van der Waals surface area contributed by atoms with Crippen LogP contribution in [0.5, 0.6) is 0 Å². The molecule has 23 heavy (non-hydrogen) atoms. The predicted molar refractivity (Wildman–Crippen MR) is 85.7 cm³/mol. The van der Waals surface area contributed by atoms with Gasteiger partial charge in [-0.2, -0.15) is 5.10 Å². The molecule has 0 saturated carbocycles. The first-order valence-corrected chi connectivity index (χ1v) is 8.36. The van der Waals surface area contributed by atoms with Crippen LogP contribution in [0.15, 0.2) is 18.5 Å². The molecular weight excluding hydrogens is 294 g/mol. The average molecular weight is 319 g/mol. The molecule has 0 aromatic carbocycles. The van der Waals surface area contributed by atoms with Crippen LogP contribution < -0.4 is 5.32 Å². The van der Waals surface area contributed by atoms with Gasteiger partial charge in [-0.25, -0.2) is 0 Å². The Morgan fingerprint density at radius 3 is 2.70 bits per heavy atom. The first-order chi connectivity index (χ1) is 11.1. The third-order valence-electron chi connectivity index (χ3n) is 5.30. The van der Waals surface area contributed by atoms with E-state index in [-0.39, 0.29) is 17.9 Å². The lowest BCUT2D eigenvalue weighted by Crippen LogP contribution is -2.67. The zero-order chi connectivity index (χ0) is 16.4. The summed E-state index contributed by atoms with van der Waals surface area (Å²) in [6.07, 6.45) is 5.62. The number of rotatable bonds is 3. The Bertz CT molecular complexity index is 563. The molecule has 1 atom stereocenters. The third kappa shape index (κ3) is 2.73. The molecule has 0 aliphatic carbocycles. The number of hydrogen-bond donors (Lipinski definition) is 1. The van der Waals surface area contributed by atoms with Crippen molar-refractivity contribution in [1.29, 1.82) is 0 Å². The normalized spacial score (nSPS) is 22.9. The SMILES string of the molecule is CCC(C(=O)N1CCC2(CC1)C(=O)NCCN2C)n1cccn1. The molecule has 2 amide bonds. The van der Waals surface area contributed by atoms with E-state index < -0.39 is 5.54 Å². The largest absolute Gasteiger partial charge is 0.353 e. The Hall–Kier alpha value is -1.89. The molecule has 1 aromatic rings. The van der Waals surface area contributed by atoms with Gasteiger partial charge in [0.05, 0.1) is 0 Å². The van der Waals surface area contributed by atoms with Crippen molar-refractivity contribution in [3.8, 4) is 0 Å². The van der Waals surface area contributed by atoms with Crippen LogP contribution in [0, 0.1) is 0 Å². The van der Waals surface area contributed by atoms with Crippen LogP contribution in [-0.2, 0) is 9.59 Å². The number of amides is 2. The smallest absolute Gasteiger partial charge is 0.247 e. The van der Waals surface area contributed by atoms with Gasteiger partial charge in [-0.3, -0.25) is 19.2 Å². The van der Waals surface area contributed by atoms with Gasteiger partial charge in [-0.1, -0.05) is 6.92 Å². The number of carbonyl (C=O) groups is 2. The zero-order valence-electron chi connectivity index (χ0n) is 13.9. The van der Waals surface area contributed by atoms with E-state index in [0.717, 1.165) is 6.54 Å². The highest BCUT2D eigenvalue weighted by Crippen LogP contribution is 2.31. The highest BCUT2D eigenvalue weighted by molar-refractivity contribution is 5.88. The third-order valence-corrected chi connectivity index (χ3v) is 5.30. The summed E-state index contributed by atoms with van der Waals surface area (Å²) in [6, 6.07) is 1.58. The monoisotopic (exact) mass is 319 g/mol. The first kappa shape index (κ1) is 16.0. The van der Waals surface area contributed by atoms with Crippen molar-refractivity contribution >= 4 is 11.8 Å². The maximum Gasteiger partial charge on any atom is 0.247 e. The molecule has 7 nitrogen and oxygen atoms in total. The minimum atomic E-state index is -0.442. The summed E-state index contributed by atoms with van der Waals surface area (Å²) < 4.78 is 1.73. The lowest BCUT2D eigenvalue weighted by molar-refractivity contribution is -0.146. The lowest BCUT2D eigenvalue weighted by Gasteiger charge is -2.48. The molecule has 2 fully saturated rings. The first-order valence-electron chi connectivity index (χ1n) is 8.36. The quantitative estimate of drug-likeness (QED) is 0.867. The Balaban J connectivity index is 1.68. The number of hydrogen-bond acceptors (Lipinski definition) is 4. The molecule has 2 aliphatic rings. The van der Waals surface area contributed by atoms with E-state index in [2.05, 4.69) is 15.3 Å². The van der Waals surface area contributed by atoms with Crippen molar-refractivity contribution in [2.45, 2.75) is 37.8 Å². The highest BCUT2D eigenvalue weighted by atomic mass is 16.2. The molecule has 0 radical (unpaired) electrons. The second-order valence-corrected chi connectivity index (χ2v) is 6.44. The maximum atomic E-state index is 12.8. The van der Waals surface area contributed by atoms with Crippen LogP contribution in [0.2, 0.25) is 0 Å². The Morgan fingerprint density at radius 1 is 1.39 bits per heavy atom. The zero-order valence-corrected chi connectivity index (χ0v) is 13.9. The van der Waals surface area contributed by atoms with E-state index >= 15 is 0 Å². The number of piperazine rings is 1. The summed E-state index contributed by atoms with van der Waals surface area (Å²) in [6.45, 7) is 4.81. The number of likely N-dealkylation sites (N-methyl/N-ethyl adjacent to an activating group) is 1. The Kier molecular flexibility index (Phi) is 4.39. The Morgan fingerprint density at radius 2 is 2.13 bits per heavy atom. The van der Waals surface area contributed by atoms with Gasteiger partial charge < -0.3 is 10.2 Å². The van der Waals surface area contributed by atoms with Crippen molar-refractivity contribution in [3.63, 3.8) is 0 Å². The number of nitrogens with zero attached hydrogens (tertiary/aromatic N) is 4. The van der Waals surface area contributed by atoms with E-state index in [0.29, 0.717) is 38.9 Å². The van der Waals surface area contributed by atoms with Crippen LogP contribution in [0.1, 0.15) is 32.2 Å². The fourth-order valence-electron chi connectivity index (χ4n) is 3.75. The van der Waals surface area contributed by atoms with Crippen LogP contribution in [-0.4, -0.2) is 70.2 Å². The molecule has 1 unspecified atom stereocenters. The van der Waals surface area contributed by atoms with Gasteiger partial charge >= 0.3 is 0 Å². The van der Waals surface area contributed by atoms with Gasteiger partial charge in [0.15, 0.2) is 0 Å². The van der Waals surface area contributed by atoms with E-state index in [4.69, 9.17) is 0 Å². The summed E-state index contributed by atoms with van der Waals surface area (Å²) in [5.41, 5.74) is -0.442. The van der Waals surface area contributed by atoms with Gasteiger partial charge in [-0.15, -0.1) is 0 Å². The fourth-order valence-corrected chi connectivity index (χ4v) is 3.75. The summed E-state index contributed by atoms with van der Waals surface area (Å²) in [7, 11) is 2.01. The van der Waals surface area contributed by atoms with Crippen LogP contribution >= 0.6 is 0 Å². The van der Waals surface area contributed by atoms with Crippen LogP contribution in [0.4, 0.5) is 0 Å². The van der Waals surface area contributed by atoms with Crippen molar-refractivity contribution in [2.24, 2.45) is 0 Å². The summed E-state index contributed by atoms with van der Waals surface area (Å²) in [4.78, 5) is 29.2. The highest BCUT2D eigenvalue weighted by Gasteiger charge is 2.47. The van der Waals surface area contributed by atoms with Gasteiger partial charge in [0.25, 0.3) is 0 Å². The van der Waals surface area contributed by atoms with Crippen molar-refractivity contribution in [3.05, 3.63) is 18.5 Å². The molecule has 2 saturated heterocycles. The molecule has 126 valence electrons. The Labute approximate surface area is 136 Å². The molecule has 0 bridgehead atoms. The van der Waals surface area contributed by atoms with Gasteiger partial charge in [0.1, 0.15) is 11.6 Å². The van der Waals surface area contributed by atoms with Crippen molar-refractivity contribution < 1.29 is 9.59 Å². The second kappa shape index (κ2) is 6.31. The van der Waals surface area contributed by atoms with E-state index in [1.165, 1.54) is 0 Å². The van der Waals surface area contributed by atoms with Crippen LogP contribution in [0.25, 0.3) is 0 Å². The molecule has 3 heterocycles. The predicted octanol–water partition coefficient (Wildman–Crippen LogP) is 0.257. The summed E-state index contributed by atoms with van der Waals surface area (Å²) >= 11 is 0. The molecule has 2 aliphatic heterocycles. The fraction of sp³-hybridized carbons (Fsp3) is 0.688. The topological polar surface area (TPSA) is 70.5 Å². The number of piperidine rings is 1. The standard InChI is InChI=1S/C16H25N5O2/c1-3-13(21-9-4-7-18-21)14(22)20-10-5-16(6-11-20)15(23)17-8-12-19(16)2/h4,7,9,13H,3,5-6,8,10-12H2,1-2H3,(H,17,23). The van der Waals surface area contributed by atoms with Crippen molar-refractivity contribution in [2.75, 3.05) is 33.2 Å². The molecule has 1 aromatic heterocycles.